The van der Waals surface area contributed by atoms with Gasteiger partial charge in [0.05, 0.1) is 18.0 Å². The van der Waals surface area contributed by atoms with Crippen molar-refractivity contribution in [3.8, 4) is 11.5 Å². The van der Waals surface area contributed by atoms with E-state index >= 15 is 0 Å². The van der Waals surface area contributed by atoms with Gasteiger partial charge in [-0.15, -0.1) is 0 Å². The van der Waals surface area contributed by atoms with Crippen LogP contribution in [0.4, 0.5) is 5.69 Å². The molecule has 1 saturated heterocycles. The van der Waals surface area contributed by atoms with E-state index in [9.17, 15) is 0 Å². The number of nitrogens with zero attached hydrogens (tertiary/aromatic N) is 2. The van der Waals surface area contributed by atoms with Gasteiger partial charge < -0.3 is 14.4 Å². The number of fused-ring (bicyclic) bond motifs is 1. The van der Waals surface area contributed by atoms with Gasteiger partial charge in [0.1, 0.15) is 18.1 Å². The summed E-state index contributed by atoms with van der Waals surface area (Å²) in [5, 5.41) is 3.73. The van der Waals surface area contributed by atoms with Crippen LogP contribution in [-0.2, 0) is 0 Å². The van der Waals surface area contributed by atoms with Gasteiger partial charge in [-0.1, -0.05) is 54.2 Å². The predicted molar refractivity (Wildman–Crippen MR) is 123 cm³/mol. The van der Waals surface area contributed by atoms with Crippen LogP contribution in [0.3, 0.4) is 0 Å². The fourth-order valence-corrected chi connectivity index (χ4v) is 4.70. The van der Waals surface area contributed by atoms with Gasteiger partial charge in [0.2, 0.25) is 0 Å². The Morgan fingerprint density at radius 2 is 1.86 bits per heavy atom. The SMILES string of the molecule is COc1cccc(N=C2S[C@H](COc3cccc4ccccc34)CN2C(C)C)c1. The molecule has 1 aliphatic heterocycles. The van der Waals surface area contributed by atoms with Crippen LogP contribution in [0, 0.1) is 0 Å². The standard InChI is InChI=1S/C24H26N2O2S/c1-17(2)26-15-21(29-24(26)25-19-10-7-11-20(14-19)27-3)16-28-23-13-6-9-18-8-4-5-12-22(18)23/h4-14,17,21H,15-16H2,1-3H3/t21-/m0/s1. The average molecular weight is 407 g/mol. The lowest BCUT2D eigenvalue weighted by atomic mass is 10.1. The van der Waals surface area contributed by atoms with E-state index in [1.54, 1.807) is 18.9 Å². The zero-order chi connectivity index (χ0) is 20.2. The second kappa shape index (κ2) is 8.78. The second-order valence-electron chi connectivity index (χ2n) is 7.37. The topological polar surface area (TPSA) is 34.1 Å². The molecule has 0 aliphatic carbocycles. The number of aliphatic imine (C=N–C) groups is 1. The number of benzene rings is 3. The van der Waals surface area contributed by atoms with Crippen LogP contribution in [0.25, 0.3) is 10.8 Å². The van der Waals surface area contributed by atoms with Crippen LogP contribution in [0.1, 0.15) is 13.8 Å². The molecule has 0 amide bonds. The predicted octanol–water partition coefficient (Wildman–Crippen LogP) is 5.74. The summed E-state index contributed by atoms with van der Waals surface area (Å²) in [7, 11) is 1.68. The molecule has 5 heteroatoms. The maximum atomic E-state index is 6.24. The van der Waals surface area contributed by atoms with Crippen LogP contribution < -0.4 is 9.47 Å². The van der Waals surface area contributed by atoms with Crippen molar-refractivity contribution >= 4 is 33.4 Å². The highest BCUT2D eigenvalue weighted by Crippen LogP contribution is 2.32. The first-order chi connectivity index (χ1) is 14.1. The lowest BCUT2D eigenvalue weighted by Gasteiger charge is -2.22. The molecule has 3 aromatic carbocycles. The van der Waals surface area contributed by atoms with Gasteiger partial charge in [-0.3, -0.25) is 0 Å². The van der Waals surface area contributed by atoms with Gasteiger partial charge in [0.25, 0.3) is 0 Å². The molecule has 1 atom stereocenters. The Balaban J connectivity index is 1.50. The summed E-state index contributed by atoms with van der Waals surface area (Å²) in [4.78, 5) is 7.24. The van der Waals surface area contributed by atoms with E-state index in [0.29, 0.717) is 17.9 Å². The van der Waals surface area contributed by atoms with Crippen LogP contribution in [-0.4, -0.2) is 41.6 Å². The molecule has 0 radical (unpaired) electrons. The van der Waals surface area contributed by atoms with Gasteiger partial charge >= 0.3 is 0 Å². The molecule has 4 nitrogen and oxygen atoms in total. The molecule has 150 valence electrons. The van der Waals surface area contributed by atoms with Crippen molar-refractivity contribution < 1.29 is 9.47 Å². The van der Waals surface area contributed by atoms with Crippen molar-refractivity contribution in [1.82, 2.24) is 4.90 Å². The molecule has 3 aromatic rings. The van der Waals surface area contributed by atoms with Gasteiger partial charge in [0, 0.05) is 24.0 Å². The number of thioether (sulfide) groups is 1. The van der Waals surface area contributed by atoms with Crippen molar-refractivity contribution in [2.24, 2.45) is 4.99 Å². The molecule has 0 unspecified atom stereocenters. The molecule has 1 heterocycles. The number of rotatable bonds is 6. The molecule has 4 rings (SSSR count). The highest BCUT2D eigenvalue weighted by Gasteiger charge is 2.31. The Kier molecular flexibility index (Phi) is 5.95. The minimum absolute atomic E-state index is 0.334. The molecule has 0 spiro atoms. The van der Waals surface area contributed by atoms with E-state index in [0.717, 1.165) is 34.3 Å². The van der Waals surface area contributed by atoms with Crippen molar-refractivity contribution in [3.63, 3.8) is 0 Å². The van der Waals surface area contributed by atoms with Gasteiger partial charge in [0.15, 0.2) is 5.17 Å². The van der Waals surface area contributed by atoms with E-state index in [-0.39, 0.29) is 0 Å². The van der Waals surface area contributed by atoms with Gasteiger partial charge in [-0.25, -0.2) is 4.99 Å². The Hall–Kier alpha value is -2.66. The summed E-state index contributed by atoms with van der Waals surface area (Å²) in [5.74, 6) is 1.76. The van der Waals surface area contributed by atoms with E-state index in [4.69, 9.17) is 14.5 Å². The molecule has 0 aromatic heterocycles. The summed E-state index contributed by atoms with van der Waals surface area (Å²) >= 11 is 1.79. The number of hydrogen-bond donors (Lipinski definition) is 0. The monoisotopic (exact) mass is 406 g/mol. The van der Waals surface area contributed by atoms with Crippen LogP contribution in [0.5, 0.6) is 11.5 Å². The Morgan fingerprint density at radius 1 is 1.07 bits per heavy atom. The Bertz CT molecular complexity index is 1010. The molecular weight excluding hydrogens is 380 g/mol. The maximum absolute atomic E-state index is 6.24. The zero-order valence-electron chi connectivity index (χ0n) is 17.0. The first-order valence-electron chi connectivity index (χ1n) is 9.90. The number of amidine groups is 1. The van der Waals surface area contributed by atoms with Crippen molar-refractivity contribution in [3.05, 3.63) is 66.7 Å². The lowest BCUT2D eigenvalue weighted by Crippen LogP contribution is -2.33. The normalized spacial score (nSPS) is 18.0. The number of ether oxygens (including phenoxy) is 2. The molecule has 0 bridgehead atoms. The second-order valence-corrected chi connectivity index (χ2v) is 8.64. The quantitative estimate of drug-likeness (QED) is 0.523. The van der Waals surface area contributed by atoms with E-state index in [2.05, 4.69) is 55.1 Å². The first kappa shape index (κ1) is 19.6. The fraction of sp³-hybridized carbons (Fsp3) is 0.292. The zero-order valence-corrected chi connectivity index (χ0v) is 17.9. The molecular formula is C24H26N2O2S. The molecule has 1 aliphatic rings. The van der Waals surface area contributed by atoms with Crippen molar-refractivity contribution in [2.45, 2.75) is 25.1 Å². The van der Waals surface area contributed by atoms with Crippen molar-refractivity contribution in [2.75, 3.05) is 20.3 Å². The van der Waals surface area contributed by atoms with Gasteiger partial charge in [-0.05, 0) is 37.4 Å². The van der Waals surface area contributed by atoms with E-state index in [1.165, 1.54) is 5.39 Å². The highest BCUT2D eigenvalue weighted by molar-refractivity contribution is 8.14. The lowest BCUT2D eigenvalue weighted by molar-refractivity contribution is 0.288. The van der Waals surface area contributed by atoms with Crippen LogP contribution in [0.2, 0.25) is 0 Å². The van der Waals surface area contributed by atoms with Gasteiger partial charge in [-0.2, -0.15) is 0 Å². The van der Waals surface area contributed by atoms with Crippen LogP contribution >= 0.6 is 11.8 Å². The summed E-state index contributed by atoms with van der Waals surface area (Å²) in [6.45, 7) is 5.99. The molecule has 0 saturated carbocycles. The Labute approximate surface area is 176 Å². The van der Waals surface area contributed by atoms with E-state index in [1.807, 2.05) is 30.3 Å². The summed E-state index contributed by atoms with van der Waals surface area (Å²) in [5.41, 5.74) is 0.910. The highest BCUT2D eigenvalue weighted by atomic mass is 32.2. The largest absolute Gasteiger partial charge is 0.497 e. The third-order valence-electron chi connectivity index (χ3n) is 4.99. The minimum atomic E-state index is 0.334. The maximum Gasteiger partial charge on any atom is 0.165 e. The summed E-state index contributed by atoms with van der Waals surface area (Å²) in [6.07, 6.45) is 0. The van der Waals surface area contributed by atoms with Crippen LogP contribution in [0.15, 0.2) is 71.7 Å². The third-order valence-corrected chi connectivity index (χ3v) is 6.15. The fourth-order valence-electron chi connectivity index (χ4n) is 3.46. The summed E-state index contributed by atoms with van der Waals surface area (Å²) < 4.78 is 11.6. The molecule has 1 fully saturated rings. The Morgan fingerprint density at radius 3 is 2.69 bits per heavy atom. The number of hydrogen-bond acceptors (Lipinski definition) is 4. The smallest absolute Gasteiger partial charge is 0.165 e. The first-order valence-corrected chi connectivity index (χ1v) is 10.8. The molecule has 29 heavy (non-hydrogen) atoms. The van der Waals surface area contributed by atoms with E-state index < -0.39 is 0 Å². The minimum Gasteiger partial charge on any atom is -0.497 e. The average Bonchev–Trinajstić information content (AvgIpc) is 3.15. The number of methoxy groups -OCH3 is 1. The molecule has 0 N–H and O–H groups in total. The van der Waals surface area contributed by atoms with Crippen molar-refractivity contribution in [1.29, 1.82) is 0 Å². The third kappa shape index (κ3) is 4.51. The summed E-state index contributed by atoms with van der Waals surface area (Å²) in [6, 6.07) is 22.8.